The summed E-state index contributed by atoms with van der Waals surface area (Å²) >= 11 is 8.93. The van der Waals surface area contributed by atoms with Crippen molar-refractivity contribution in [2.75, 3.05) is 13.6 Å². The van der Waals surface area contributed by atoms with Crippen LogP contribution in [0.4, 0.5) is 4.39 Å². The minimum absolute atomic E-state index is 0.322. The van der Waals surface area contributed by atoms with E-state index >= 15 is 0 Å². The molecule has 0 saturated heterocycles. The largest absolute Gasteiger partial charge is 0.316 e. The summed E-state index contributed by atoms with van der Waals surface area (Å²) in [7, 11) is 1.83. The Morgan fingerprint density at radius 3 is 2.86 bits per heavy atom. The van der Waals surface area contributed by atoms with Crippen molar-refractivity contribution in [3.8, 4) is 0 Å². The number of benzene rings is 1. The monoisotopic (exact) mass is 277 g/mol. The maximum absolute atomic E-state index is 13.4. The zero-order valence-corrected chi connectivity index (χ0v) is 9.99. The zero-order valence-electron chi connectivity index (χ0n) is 7.65. The summed E-state index contributed by atoms with van der Waals surface area (Å²) in [5, 5.41) is 3.33. The van der Waals surface area contributed by atoms with Crippen LogP contribution in [0.2, 0.25) is 5.02 Å². The third-order valence-corrected chi connectivity index (χ3v) is 2.52. The van der Waals surface area contributed by atoms with Crippen LogP contribution in [0.3, 0.4) is 0 Å². The molecule has 76 valence electrons. The van der Waals surface area contributed by atoms with Crippen molar-refractivity contribution in [1.82, 2.24) is 5.32 Å². The number of hydrogen-bond donors (Lipinski definition) is 1. The second-order valence-corrected chi connectivity index (χ2v) is 4.03. The first-order chi connectivity index (χ1) is 6.65. The van der Waals surface area contributed by atoms with Gasteiger partial charge in [0.1, 0.15) is 5.82 Å². The molecular formula is C10H10BrClFN. The van der Waals surface area contributed by atoms with Gasteiger partial charge in [0, 0.05) is 21.6 Å². The molecule has 0 heterocycles. The normalized spacial score (nSPS) is 11.1. The van der Waals surface area contributed by atoms with Gasteiger partial charge in [-0.2, -0.15) is 0 Å². The molecule has 0 aromatic heterocycles. The lowest BCUT2D eigenvalue weighted by Crippen LogP contribution is -2.03. The molecule has 0 amide bonds. The van der Waals surface area contributed by atoms with Crippen LogP contribution >= 0.6 is 27.5 Å². The molecule has 0 aliphatic rings. The smallest absolute Gasteiger partial charge is 0.133 e. The highest BCUT2D eigenvalue weighted by molar-refractivity contribution is 9.10. The lowest BCUT2D eigenvalue weighted by Gasteiger charge is -2.01. The summed E-state index contributed by atoms with van der Waals surface area (Å²) in [5.74, 6) is -0.322. The average Bonchev–Trinajstić information content (AvgIpc) is 2.09. The van der Waals surface area contributed by atoms with Gasteiger partial charge < -0.3 is 5.32 Å². The fraction of sp³-hybridized carbons (Fsp3) is 0.200. The third kappa shape index (κ3) is 3.08. The first kappa shape index (κ1) is 11.7. The van der Waals surface area contributed by atoms with E-state index in [0.717, 1.165) is 0 Å². The Morgan fingerprint density at radius 1 is 1.57 bits per heavy atom. The molecule has 0 radical (unpaired) electrons. The van der Waals surface area contributed by atoms with Gasteiger partial charge >= 0.3 is 0 Å². The van der Waals surface area contributed by atoms with E-state index in [4.69, 9.17) is 11.6 Å². The Balaban J connectivity index is 2.96. The van der Waals surface area contributed by atoms with Gasteiger partial charge in [-0.25, -0.2) is 4.39 Å². The fourth-order valence-corrected chi connectivity index (χ4v) is 1.91. The zero-order chi connectivity index (χ0) is 10.6. The van der Waals surface area contributed by atoms with E-state index in [0.29, 0.717) is 21.6 Å². The van der Waals surface area contributed by atoms with Gasteiger partial charge in [0.25, 0.3) is 0 Å². The highest BCUT2D eigenvalue weighted by Gasteiger charge is 2.04. The second-order valence-electron chi connectivity index (χ2n) is 2.74. The standard InChI is InChI=1S/C10H10BrClFN/c1-14-4-2-3-8-9(11)5-7(12)6-10(8)13/h2-3,5-6,14H,4H2,1H3. The predicted molar refractivity (Wildman–Crippen MR) is 62.1 cm³/mol. The first-order valence-corrected chi connectivity index (χ1v) is 5.28. The van der Waals surface area contributed by atoms with Crippen LogP contribution < -0.4 is 5.32 Å². The van der Waals surface area contributed by atoms with Gasteiger partial charge in [-0.05, 0) is 19.2 Å². The van der Waals surface area contributed by atoms with Crippen molar-refractivity contribution < 1.29 is 4.39 Å². The Kier molecular flexibility index (Phi) is 4.58. The van der Waals surface area contributed by atoms with Crippen LogP contribution in [-0.2, 0) is 0 Å². The molecule has 0 fully saturated rings. The van der Waals surface area contributed by atoms with Crippen LogP contribution in [0.1, 0.15) is 5.56 Å². The quantitative estimate of drug-likeness (QED) is 0.893. The number of hydrogen-bond acceptors (Lipinski definition) is 1. The summed E-state index contributed by atoms with van der Waals surface area (Å²) in [5.41, 5.74) is 0.518. The van der Waals surface area contributed by atoms with E-state index in [-0.39, 0.29) is 5.82 Å². The third-order valence-electron chi connectivity index (χ3n) is 1.65. The Morgan fingerprint density at radius 2 is 2.29 bits per heavy atom. The van der Waals surface area contributed by atoms with Crippen LogP contribution in [-0.4, -0.2) is 13.6 Å². The highest BCUT2D eigenvalue weighted by atomic mass is 79.9. The number of nitrogens with one attached hydrogen (secondary N) is 1. The lowest BCUT2D eigenvalue weighted by molar-refractivity contribution is 0.624. The molecule has 0 spiro atoms. The molecule has 0 aliphatic carbocycles. The van der Waals surface area contributed by atoms with Crippen LogP contribution in [0.5, 0.6) is 0 Å². The van der Waals surface area contributed by atoms with E-state index in [9.17, 15) is 4.39 Å². The summed E-state index contributed by atoms with van der Waals surface area (Å²) in [6, 6.07) is 2.97. The van der Waals surface area contributed by atoms with Gasteiger partial charge in [0.2, 0.25) is 0 Å². The molecule has 1 N–H and O–H groups in total. The Labute approximate surface area is 96.1 Å². The van der Waals surface area contributed by atoms with Crippen LogP contribution in [0.15, 0.2) is 22.7 Å². The molecular weight excluding hydrogens is 268 g/mol. The summed E-state index contributed by atoms with van der Waals surface area (Å²) in [6.07, 6.45) is 3.56. The summed E-state index contributed by atoms with van der Waals surface area (Å²) in [4.78, 5) is 0. The molecule has 0 saturated carbocycles. The number of halogens is 3. The van der Waals surface area contributed by atoms with Crippen molar-refractivity contribution in [2.45, 2.75) is 0 Å². The predicted octanol–water partition coefficient (Wildman–Crippen LogP) is 3.47. The molecule has 0 aliphatic heterocycles. The maximum atomic E-state index is 13.4. The molecule has 4 heteroatoms. The van der Waals surface area contributed by atoms with E-state index in [1.807, 2.05) is 13.1 Å². The molecule has 1 aromatic rings. The van der Waals surface area contributed by atoms with Gasteiger partial charge in [0.15, 0.2) is 0 Å². The first-order valence-electron chi connectivity index (χ1n) is 4.11. The van der Waals surface area contributed by atoms with Gasteiger partial charge in [-0.1, -0.05) is 39.7 Å². The van der Waals surface area contributed by atoms with Gasteiger partial charge in [0.05, 0.1) is 0 Å². The second kappa shape index (κ2) is 5.49. The topological polar surface area (TPSA) is 12.0 Å². The molecule has 1 nitrogen and oxygen atoms in total. The average molecular weight is 279 g/mol. The van der Waals surface area contributed by atoms with E-state index in [1.54, 1.807) is 12.1 Å². The minimum atomic E-state index is -0.322. The van der Waals surface area contributed by atoms with Crippen LogP contribution in [0, 0.1) is 5.82 Å². The SMILES string of the molecule is CNCC=Cc1c(F)cc(Cl)cc1Br. The molecule has 1 rings (SSSR count). The number of rotatable bonds is 3. The van der Waals surface area contributed by atoms with Crippen LogP contribution in [0.25, 0.3) is 6.08 Å². The minimum Gasteiger partial charge on any atom is -0.316 e. The molecule has 0 atom stereocenters. The number of likely N-dealkylation sites (N-methyl/N-ethyl adjacent to an activating group) is 1. The van der Waals surface area contributed by atoms with E-state index < -0.39 is 0 Å². The van der Waals surface area contributed by atoms with Crippen molar-refractivity contribution in [2.24, 2.45) is 0 Å². The van der Waals surface area contributed by atoms with E-state index in [2.05, 4.69) is 21.2 Å². The van der Waals surface area contributed by atoms with Crippen molar-refractivity contribution in [3.63, 3.8) is 0 Å². The Hall–Kier alpha value is -0.380. The molecule has 0 unspecified atom stereocenters. The lowest BCUT2D eigenvalue weighted by atomic mass is 10.2. The van der Waals surface area contributed by atoms with E-state index in [1.165, 1.54) is 6.07 Å². The maximum Gasteiger partial charge on any atom is 0.133 e. The van der Waals surface area contributed by atoms with Crippen molar-refractivity contribution in [3.05, 3.63) is 39.1 Å². The Bertz CT molecular complexity index is 329. The molecule has 14 heavy (non-hydrogen) atoms. The fourth-order valence-electron chi connectivity index (χ4n) is 1.01. The molecule has 1 aromatic carbocycles. The van der Waals surface area contributed by atoms with Gasteiger partial charge in [-0.15, -0.1) is 0 Å². The highest BCUT2D eigenvalue weighted by Crippen LogP contribution is 2.25. The summed E-state index contributed by atoms with van der Waals surface area (Å²) in [6.45, 7) is 0.703. The van der Waals surface area contributed by atoms with Gasteiger partial charge in [-0.3, -0.25) is 0 Å². The van der Waals surface area contributed by atoms with Crippen molar-refractivity contribution >= 4 is 33.6 Å². The molecule has 0 bridgehead atoms. The van der Waals surface area contributed by atoms with Crippen molar-refractivity contribution in [1.29, 1.82) is 0 Å². The summed E-state index contributed by atoms with van der Waals surface area (Å²) < 4.78 is 14.0.